The minimum Gasteiger partial charge on any atom is -0.399 e. The number of sulfonamides is 1. The number of methoxy groups -OCH3 is 1. The molecule has 19 heavy (non-hydrogen) atoms. The van der Waals surface area contributed by atoms with Crippen LogP contribution in [0.15, 0.2) is 23.1 Å². The van der Waals surface area contributed by atoms with Crippen molar-refractivity contribution in [1.82, 2.24) is 4.31 Å². The van der Waals surface area contributed by atoms with Crippen molar-refractivity contribution in [3.8, 4) is 0 Å². The maximum atomic E-state index is 13.3. The fraction of sp³-hybridized carbons (Fsp3) is 0.500. The molecule has 0 bridgehead atoms. The van der Waals surface area contributed by atoms with Crippen molar-refractivity contribution in [3.05, 3.63) is 24.0 Å². The zero-order valence-corrected chi connectivity index (χ0v) is 12.1. The number of rotatable bonds is 6. The molecule has 1 aromatic carbocycles. The first kappa shape index (κ1) is 15.9. The van der Waals surface area contributed by atoms with Gasteiger partial charge in [-0.15, -0.1) is 0 Å². The monoisotopic (exact) mass is 290 g/mol. The Labute approximate surface area is 113 Å². The topological polar surface area (TPSA) is 72.6 Å². The number of hydrogen-bond donors (Lipinski definition) is 1. The Morgan fingerprint density at radius 2 is 2.05 bits per heavy atom. The Morgan fingerprint density at radius 3 is 2.53 bits per heavy atom. The van der Waals surface area contributed by atoms with Gasteiger partial charge in [-0.25, -0.2) is 12.8 Å². The first-order valence-corrected chi connectivity index (χ1v) is 7.33. The van der Waals surface area contributed by atoms with Crippen LogP contribution in [0.1, 0.15) is 13.8 Å². The number of likely N-dealkylation sites (N-methyl/N-ethyl adjacent to an activating group) is 1. The zero-order chi connectivity index (χ0) is 14.6. The number of hydrogen-bond acceptors (Lipinski definition) is 4. The summed E-state index contributed by atoms with van der Waals surface area (Å²) in [5.41, 5.74) is 5.56. The van der Waals surface area contributed by atoms with Gasteiger partial charge in [0.2, 0.25) is 10.0 Å². The van der Waals surface area contributed by atoms with Crippen molar-refractivity contribution in [3.63, 3.8) is 0 Å². The number of nitrogen functional groups attached to an aromatic ring is 1. The van der Waals surface area contributed by atoms with E-state index in [-0.39, 0.29) is 29.8 Å². The highest BCUT2D eigenvalue weighted by Gasteiger charge is 2.28. The van der Waals surface area contributed by atoms with Crippen LogP contribution in [0.2, 0.25) is 0 Å². The van der Waals surface area contributed by atoms with Crippen molar-refractivity contribution >= 4 is 15.7 Å². The summed E-state index contributed by atoms with van der Waals surface area (Å²) in [6.45, 7) is 3.97. The SMILES string of the molecule is CCN(C(C)COC)S(=O)(=O)c1cc(N)cc(F)c1. The summed E-state index contributed by atoms with van der Waals surface area (Å²) in [5.74, 6) is -0.672. The molecular weight excluding hydrogens is 271 g/mol. The van der Waals surface area contributed by atoms with Crippen molar-refractivity contribution < 1.29 is 17.5 Å². The van der Waals surface area contributed by atoms with Crippen molar-refractivity contribution in [1.29, 1.82) is 0 Å². The van der Waals surface area contributed by atoms with Gasteiger partial charge in [0.1, 0.15) is 5.82 Å². The molecule has 1 aromatic rings. The summed E-state index contributed by atoms with van der Waals surface area (Å²) in [5, 5.41) is 0. The first-order valence-electron chi connectivity index (χ1n) is 5.89. The molecule has 0 aliphatic rings. The van der Waals surface area contributed by atoms with E-state index in [1.54, 1.807) is 13.8 Å². The lowest BCUT2D eigenvalue weighted by atomic mass is 10.3. The molecule has 1 unspecified atom stereocenters. The second kappa shape index (κ2) is 6.31. The molecule has 108 valence electrons. The van der Waals surface area contributed by atoms with Gasteiger partial charge in [0.15, 0.2) is 0 Å². The third-order valence-corrected chi connectivity index (χ3v) is 4.78. The van der Waals surface area contributed by atoms with E-state index in [0.717, 1.165) is 12.1 Å². The summed E-state index contributed by atoms with van der Waals surface area (Å²) >= 11 is 0. The normalized spacial score (nSPS) is 13.7. The maximum absolute atomic E-state index is 13.3. The van der Waals surface area contributed by atoms with E-state index in [1.165, 1.54) is 17.5 Å². The fourth-order valence-electron chi connectivity index (χ4n) is 1.91. The molecule has 0 radical (unpaired) electrons. The van der Waals surface area contributed by atoms with Crippen molar-refractivity contribution in [2.45, 2.75) is 24.8 Å². The van der Waals surface area contributed by atoms with Crippen LogP contribution < -0.4 is 5.73 Å². The molecule has 0 amide bonds. The van der Waals surface area contributed by atoms with E-state index in [0.29, 0.717) is 0 Å². The first-order chi connectivity index (χ1) is 8.82. The quantitative estimate of drug-likeness (QED) is 0.805. The van der Waals surface area contributed by atoms with Crippen LogP contribution in [-0.4, -0.2) is 39.0 Å². The Morgan fingerprint density at radius 1 is 1.42 bits per heavy atom. The summed E-state index contributed by atoms with van der Waals surface area (Å²) in [6, 6.07) is 2.95. The molecule has 0 aliphatic carbocycles. The van der Waals surface area contributed by atoms with Crippen LogP contribution in [0.5, 0.6) is 0 Å². The van der Waals surface area contributed by atoms with E-state index < -0.39 is 15.8 Å². The molecule has 0 spiro atoms. The third kappa shape index (κ3) is 3.65. The van der Waals surface area contributed by atoms with Gasteiger partial charge in [0, 0.05) is 25.4 Å². The van der Waals surface area contributed by atoms with E-state index in [1.807, 2.05) is 0 Å². The largest absolute Gasteiger partial charge is 0.399 e. The van der Waals surface area contributed by atoms with Crippen LogP contribution in [0.3, 0.4) is 0 Å². The minimum atomic E-state index is -3.78. The lowest BCUT2D eigenvalue weighted by molar-refractivity contribution is 0.142. The van der Waals surface area contributed by atoms with Gasteiger partial charge >= 0.3 is 0 Å². The lowest BCUT2D eigenvalue weighted by Crippen LogP contribution is -2.40. The average molecular weight is 290 g/mol. The summed E-state index contributed by atoms with van der Waals surface area (Å²) < 4.78 is 44.4. The van der Waals surface area contributed by atoms with Gasteiger partial charge in [-0.05, 0) is 25.1 Å². The second-order valence-corrected chi connectivity index (χ2v) is 6.12. The van der Waals surface area contributed by atoms with E-state index in [9.17, 15) is 12.8 Å². The molecule has 1 rings (SSSR count). The van der Waals surface area contributed by atoms with Crippen molar-refractivity contribution in [2.75, 3.05) is 26.0 Å². The summed E-state index contributed by atoms with van der Waals surface area (Å²) in [4.78, 5) is -0.144. The molecule has 0 aromatic heterocycles. The van der Waals surface area contributed by atoms with E-state index >= 15 is 0 Å². The zero-order valence-electron chi connectivity index (χ0n) is 11.3. The predicted molar refractivity (Wildman–Crippen MR) is 71.7 cm³/mol. The Bertz CT molecular complexity index is 514. The molecule has 0 fully saturated rings. The number of nitrogens with zero attached hydrogens (tertiary/aromatic N) is 1. The highest BCUT2D eigenvalue weighted by molar-refractivity contribution is 7.89. The summed E-state index contributed by atoms with van der Waals surface area (Å²) in [7, 11) is -2.29. The number of anilines is 1. The molecule has 5 nitrogen and oxygen atoms in total. The number of ether oxygens (including phenoxy) is 1. The molecule has 0 heterocycles. The van der Waals surface area contributed by atoms with Crippen molar-refractivity contribution in [2.24, 2.45) is 0 Å². The molecule has 0 saturated heterocycles. The Kier molecular flexibility index (Phi) is 5.28. The highest BCUT2D eigenvalue weighted by atomic mass is 32.2. The van der Waals surface area contributed by atoms with E-state index in [4.69, 9.17) is 10.5 Å². The Hall–Kier alpha value is -1.18. The molecular formula is C12H19FN2O3S. The molecule has 1 atom stereocenters. The maximum Gasteiger partial charge on any atom is 0.243 e. The molecule has 0 aliphatic heterocycles. The van der Waals surface area contributed by atoms with Gasteiger partial charge in [-0.2, -0.15) is 4.31 Å². The van der Waals surface area contributed by atoms with Gasteiger partial charge in [0.25, 0.3) is 0 Å². The van der Waals surface area contributed by atoms with Crippen LogP contribution in [0, 0.1) is 5.82 Å². The number of halogens is 1. The molecule has 7 heteroatoms. The minimum absolute atomic E-state index is 0.0778. The smallest absolute Gasteiger partial charge is 0.243 e. The fourth-order valence-corrected chi connectivity index (χ4v) is 3.60. The third-order valence-electron chi connectivity index (χ3n) is 2.71. The number of nitrogens with two attached hydrogens (primary N) is 1. The summed E-state index contributed by atoms with van der Waals surface area (Å²) in [6.07, 6.45) is 0. The lowest BCUT2D eigenvalue weighted by Gasteiger charge is -2.26. The van der Waals surface area contributed by atoms with Crippen LogP contribution in [0.4, 0.5) is 10.1 Å². The standard InChI is InChI=1S/C12H19FN2O3S/c1-4-15(9(2)8-18-3)19(16,17)12-6-10(13)5-11(14)7-12/h5-7,9H,4,8,14H2,1-3H3. The van der Waals surface area contributed by atoms with Crippen LogP contribution >= 0.6 is 0 Å². The van der Waals surface area contributed by atoms with E-state index in [2.05, 4.69) is 0 Å². The van der Waals surface area contributed by atoms with Gasteiger partial charge in [-0.3, -0.25) is 0 Å². The van der Waals surface area contributed by atoms with Crippen LogP contribution in [0.25, 0.3) is 0 Å². The Balaban J connectivity index is 3.20. The van der Waals surface area contributed by atoms with Gasteiger partial charge in [0.05, 0.1) is 11.5 Å². The highest BCUT2D eigenvalue weighted by Crippen LogP contribution is 2.21. The second-order valence-electron chi connectivity index (χ2n) is 4.23. The number of benzene rings is 1. The molecule has 0 saturated carbocycles. The van der Waals surface area contributed by atoms with Gasteiger partial charge in [-0.1, -0.05) is 6.92 Å². The molecule has 2 N–H and O–H groups in total. The average Bonchev–Trinajstić information content (AvgIpc) is 2.28. The van der Waals surface area contributed by atoms with Crippen LogP contribution in [-0.2, 0) is 14.8 Å². The van der Waals surface area contributed by atoms with Gasteiger partial charge < -0.3 is 10.5 Å². The predicted octanol–water partition coefficient (Wildman–Crippen LogP) is 1.45.